The van der Waals surface area contributed by atoms with E-state index in [1.807, 2.05) is 12.4 Å². The highest BCUT2D eigenvalue weighted by Gasteiger charge is 2.19. The fourth-order valence-corrected chi connectivity index (χ4v) is 3.15. The number of piperazine rings is 1. The molecular formula is C19H33N5. The van der Waals surface area contributed by atoms with Gasteiger partial charge in [0.15, 0.2) is 5.96 Å². The molecule has 1 fully saturated rings. The highest BCUT2D eigenvalue weighted by atomic mass is 15.3. The second-order valence-corrected chi connectivity index (χ2v) is 6.97. The van der Waals surface area contributed by atoms with Gasteiger partial charge in [-0.3, -0.25) is 14.9 Å². The van der Waals surface area contributed by atoms with E-state index in [2.05, 4.69) is 53.9 Å². The monoisotopic (exact) mass is 331 g/mol. The van der Waals surface area contributed by atoms with Crippen LogP contribution in [0.3, 0.4) is 0 Å². The second-order valence-electron chi connectivity index (χ2n) is 6.97. The van der Waals surface area contributed by atoms with Crippen LogP contribution in [-0.4, -0.2) is 66.6 Å². The minimum absolute atomic E-state index is 0.738. The Morgan fingerprint density at radius 1 is 1.29 bits per heavy atom. The van der Waals surface area contributed by atoms with E-state index in [1.54, 1.807) is 0 Å². The summed E-state index contributed by atoms with van der Waals surface area (Å²) < 4.78 is 0. The molecule has 0 saturated carbocycles. The van der Waals surface area contributed by atoms with E-state index in [0.717, 1.165) is 57.6 Å². The Bertz CT molecular complexity index is 518. The van der Waals surface area contributed by atoms with Crippen molar-refractivity contribution in [1.82, 2.24) is 20.1 Å². The predicted molar refractivity (Wildman–Crippen MR) is 102 cm³/mol. The quantitative estimate of drug-likeness (QED) is 0.641. The van der Waals surface area contributed by atoms with Crippen LogP contribution in [-0.2, 0) is 6.42 Å². The standard InChI is InChI=1S/C19H33N5/c1-5-21-19(22-9-7-18-6-8-20-14-17(18)4)24-12-10-23(11-13-24)15-16(2)3/h6,8,14,16H,5,7,9-13,15H2,1-4H3,(H,21,22). The van der Waals surface area contributed by atoms with Crippen LogP contribution < -0.4 is 5.32 Å². The molecule has 1 aliphatic rings. The molecule has 2 heterocycles. The number of hydrogen-bond acceptors (Lipinski definition) is 3. The third-order valence-electron chi connectivity index (χ3n) is 4.41. The van der Waals surface area contributed by atoms with E-state index >= 15 is 0 Å². The van der Waals surface area contributed by atoms with Gasteiger partial charge in [0.25, 0.3) is 0 Å². The zero-order valence-corrected chi connectivity index (χ0v) is 15.8. The first-order valence-electron chi connectivity index (χ1n) is 9.25. The molecule has 1 aromatic rings. The van der Waals surface area contributed by atoms with Gasteiger partial charge in [-0.15, -0.1) is 0 Å². The van der Waals surface area contributed by atoms with Gasteiger partial charge in [-0.2, -0.15) is 0 Å². The molecule has 0 radical (unpaired) electrons. The molecule has 5 nitrogen and oxygen atoms in total. The normalized spacial score (nSPS) is 16.7. The third kappa shape index (κ3) is 5.78. The lowest BCUT2D eigenvalue weighted by atomic mass is 10.1. The van der Waals surface area contributed by atoms with Crippen molar-refractivity contribution in [2.75, 3.05) is 45.8 Å². The van der Waals surface area contributed by atoms with Crippen molar-refractivity contribution in [2.24, 2.45) is 10.9 Å². The molecule has 1 N–H and O–H groups in total. The largest absolute Gasteiger partial charge is 0.357 e. The average molecular weight is 332 g/mol. The van der Waals surface area contributed by atoms with Crippen LogP contribution >= 0.6 is 0 Å². The molecule has 0 atom stereocenters. The highest BCUT2D eigenvalue weighted by Crippen LogP contribution is 2.08. The number of aromatic nitrogens is 1. The van der Waals surface area contributed by atoms with Crippen molar-refractivity contribution in [3.05, 3.63) is 29.6 Å². The smallest absolute Gasteiger partial charge is 0.194 e. The van der Waals surface area contributed by atoms with Gasteiger partial charge in [0.2, 0.25) is 0 Å². The molecule has 1 saturated heterocycles. The minimum atomic E-state index is 0.738. The zero-order valence-electron chi connectivity index (χ0n) is 15.8. The van der Waals surface area contributed by atoms with Gasteiger partial charge in [-0.25, -0.2) is 0 Å². The maximum absolute atomic E-state index is 4.85. The lowest BCUT2D eigenvalue weighted by Crippen LogP contribution is -2.53. The molecule has 134 valence electrons. The van der Waals surface area contributed by atoms with Crippen LogP contribution in [0.5, 0.6) is 0 Å². The first-order valence-corrected chi connectivity index (χ1v) is 9.25. The Morgan fingerprint density at radius 2 is 2.04 bits per heavy atom. The van der Waals surface area contributed by atoms with E-state index in [4.69, 9.17) is 4.99 Å². The van der Waals surface area contributed by atoms with Gasteiger partial charge in [-0.05, 0) is 43.4 Å². The number of aliphatic imine (C=N–C) groups is 1. The zero-order chi connectivity index (χ0) is 17.4. The first kappa shape index (κ1) is 18.7. The summed E-state index contributed by atoms with van der Waals surface area (Å²) >= 11 is 0. The van der Waals surface area contributed by atoms with Crippen molar-refractivity contribution in [2.45, 2.75) is 34.1 Å². The minimum Gasteiger partial charge on any atom is -0.357 e. The molecule has 0 aromatic carbocycles. The van der Waals surface area contributed by atoms with Crippen LogP contribution in [0.25, 0.3) is 0 Å². The van der Waals surface area contributed by atoms with Crippen molar-refractivity contribution in [3.8, 4) is 0 Å². The summed E-state index contributed by atoms with van der Waals surface area (Å²) in [4.78, 5) is 14.0. The van der Waals surface area contributed by atoms with E-state index < -0.39 is 0 Å². The summed E-state index contributed by atoms with van der Waals surface area (Å²) in [6.07, 6.45) is 4.76. The Balaban J connectivity index is 1.88. The summed E-state index contributed by atoms with van der Waals surface area (Å²) in [5.41, 5.74) is 2.59. The Hall–Kier alpha value is -1.62. The lowest BCUT2D eigenvalue weighted by Gasteiger charge is -2.37. The van der Waals surface area contributed by atoms with Crippen LogP contribution in [0.15, 0.2) is 23.5 Å². The molecule has 5 heteroatoms. The molecule has 1 aromatic heterocycles. The molecule has 0 unspecified atom stereocenters. The number of nitrogens with one attached hydrogen (secondary N) is 1. The van der Waals surface area contributed by atoms with E-state index in [-0.39, 0.29) is 0 Å². The van der Waals surface area contributed by atoms with Crippen molar-refractivity contribution in [3.63, 3.8) is 0 Å². The van der Waals surface area contributed by atoms with Crippen LogP contribution in [0.4, 0.5) is 0 Å². The summed E-state index contributed by atoms with van der Waals surface area (Å²) in [6, 6.07) is 2.10. The topological polar surface area (TPSA) is 43.8 Å². The molecule has 24 heavy (non-hydrogen) atoms. The second kappa shape index (κ2) is 9.62. The Labute approximate surface area is 147 Å². The average Bonchev–Trinajstić information content (AvgIpc) is 2.56. The van der Waals surface area contributed by atoms with Gasteiger partial charge >= 0.3 is 0 Å². The number of pyridine rings is 1. The molecule has 0 aliphatic carbocycles. The predicted octanol–water partition coefficient (Wildman–Crippen LogP) is 2.17. The summed E-state index contributed by atoms with van der Waals surface area (Å²) in [5, 5.41) is 3.45. The number of rotatable bonds is 6. The van der Waals surface area contributed by atoms with Crippen molar-refractivity contribution in [1.29, 1.82) is 0 Å². The number of guanidine groups is 1. The molecule has 0 amide bonds. The number of hydrogen-bond donors (Lipinski definition) is 1. The van der Waals surface area contributed by atoms with Crippen LogP contribution in [0.1, 0.15) is 31.9 Å². The van der Waals surface area contributed by atoms with Gasteiger partial charge in [-0.1, -0.05) is 13.8 Å². The van der Waals surface area contributed by atoms with Crippen molar-refractivity contribution >= 4 is 5.96 Å². The summed E-state index contributed by atoms with van der Waals surface area (Å²) in [6.45, 7) is 16.2. The first-order chi connectivity index (χ1) is 11.6. The number of aryl methyl sites for hydroxylation is 1. The van der Waals surface area contributed by atoms with Crippen LogP contribution in [0, 0.1) is 12.8 Å². The number of nitrogens with zero attached hydrogens (tertiary/aromatic N) is 4. The SMILES string of the molecule is CCNC(=NCCc1ccncc1C)N1CCN(CC(C)C)CC1. The van der Waals surface area contributed by atoms with E-state index in [9.17, 15) is 0 Å². The molecule has 1 aliphatic heterocycles. The molecule has 0 spiro atoms. The Morgan fingerprint density at radius 3 is 2.67 bits per heavy atom. The molecular weight excluding hydrogens is 298 g/mol. The highest BCUT2D eigenvalue weighted by molar-refractivity contribution is 5.80. The van der Waals surface area contributed by atoms with Gasteiger partial charge in [0.1, 0.15) is 0 Å². The van der Waals surface area contributed by atoms with Crippen LogP contribution in [0.2, 0.25) is 0 Å². The molecule has 0 bridgehead atoms. The molecule has 2 rings (SSSR count). The maximum atomic E-state index is 4.85. The third-order valence-corrected chi connectivity index (χ3v) is 4.41. The van der Waals surface area contributed by atoms with Gasteiger partial charge in [0, 0.05) is 58.2 Å². The van der Waals surface area contributed by atoms with Gasteiger partial charge in [0.05, 0.1) is 0 Å². The Kier molecular flexibility index (Phi) is 7.50. The maximum Gasteiger partial charge on any atom is 0.194 e. The lowest BCUT2D eigenvalue weighted by molar-refractivity contribution is 0.164. The summed E-state index contributed by atoms with van der Waals surface area (Å²) in [7, 11) is 0. The van der Waals surface area contributed by atoms with Crippen molar-refractivity contribution < 1.29 is 0 Å². The van der Waals surface area contributed by atoms with Gasteiger partial charge < -0.3 is 10.2 Å². The van der Waals surface area contributed by atoms with E-state index in [1.165, 1.54) is 17.7 Å². The summed E-state index contributed by atoms with van der Waals surface area (Å²) in [5.74, 6) is 1.80. The fraction of sp³-hybridized carbons (Fsp3) is 0.684. The van der Waals surface area contributed by atoms with E-state index in [0.29, 0.717) is 0 Å². The fourth-order valence-electron chi connectivity index (χ4n) is 3.15.